The Morgan fingerprint density at radius 1 is 1.23 bits per heavy atom. The fourth-order valence-electron chi connectivity index (χ4n) is 2.18. The zero-order chi connectivity index (χ0) is 18.0. The molecule has 1 aliphatic heterocycles. The van der Waals surface area contributed by atoms with Crippen LogP contribution < -0.4 is 15.4 Å². The lowest BCUT2D eigenvalue weighted by Gasteiger charge is -2.09. The molecule has 140 valence electrons. The molecule has 0 atom stereocenters. The number of fused-ring (bicyclic) bond motifs is 4. The third-order valence-electron chi connectivity index (χ3n) is 3.35. The lowest BCUT2D eigenvalue weighted by Crippen LogP contribution is -2.26. The molecule has 2 heterocycles. The molecule has 0 fully saturated rings. The fourth-order valence-corrected chi connectivity index (χ4v) is 3.65. The van der Waals surface area contributed by atoms with Gasteiger partial charge in [0.2, 0.25) is 16.0 Å². The number of hydrogen-bond acceptors (Lipinski definition) is 8. The molecular weight excluding hydrogens is 452 g/mol. The third kappa shape index (κ3) is 4.58. The Balaban J connectivity index is 0.00000243. The maximum Gasteiger partial charge on any atom is 0.272 e. The number of nitro benzene ring substituents is 1. The molecule has 0 unspecified atom stereocenters. The van der Waals surface area contributed by atoms with Gasteiger partial charge < -0.3 is 10.6 Å². The van der Waals surface area contributed by atoms with Crippen LogP contribution in [0.2, 0.25) is 0 Å². The van der Waals surface area contributed by atoms with Gasteiger partial charge in [0.25, 0.3) is 5.69 Å². The summed E-state index contributed by atoms with van der Waals surface area (Å²) in [5, 5.41) is 17.0. The second-order valence-corrected chi connectivity index (χ2v) is 7.79. The van der Waals surface area contributed by atoms with Crippen molar-refractivity contribution in [3.8, 4) is 0 Å². The zero-order valence-corrected chi connectivity index (χ0v) is 16.3. The summed E-state index contributed by atoms with van der Waals surface area (Å²) in [6, 6.07) is 3.53. The van der Waals surface area contributed by atoms with Gasteiger partial charge in [-0.2, -0.15) is 4.98 Å². The normalized spacial score (nSPS) is 15.7. The van der Waals surface area contributed by atoms with E-state index in [1.807, 2.05) is 0 Å². The van der Waals surface area contributed by atoms with Crippen LogP contribution in [0, 0.1) is 10.1 Å². The average molecular weight is 466 g/mol. The van der Waals surface area contributed by atoms with Gasteiger partial charge in [0.05, 0.1) is 14.3 Å². The number of halogens is 2. The number of nitrogens with zero attached hydrogens (tertiary/aromatic N) is 3. The monoisotopic (exact) mass is 464 g/mol. The highest BCUT2D eigenvalue weighted by Gasteiger charge is 2.20. The first-order valence-electron chi connectivity index (χ1n) is 7.18. The predicted octanol–water partition coefficient (Wildman–Crippen LogP) is 2.41. The molecule has 13 heteroatoms. The molecule has 0 spiro atoms. The van der Waals surface area contributed by atoms with Gasteiger partial charge >= 0.3 is 0 Å². The van der Waals surface area contributed by atoms with Gasteiger partial charge in [-0.3, -0.25) is 10.1 Å². The van der Waals surface area contributed by atoms with E-state index in [0.717, 1.165) is 6.07 Å². The maximum atomic E-state index is 12.4. The Bertz CT molecular complexity index is 942. The SMILES string of the molecule is Cl.O=[N+]([O-])c1cc2cc(c1)S(=O)(=O)NCCCNc1nc(ncc1Br)N2. The van der Waals surface area contributed by atoms with E-state index in [1.165, 1.54) is 18.3 Å². The number of hydrogen-bond donors (Lipinski definition) is 3. The minimum atomic E-state index is -3.87. The molecule has 3 N–H and O–H groups in total. The van der Waals surface area contributed by atoms with Gasteiger partial charge in [-0.15, -0.1) is 12.4 Å². The summed E-state index contributed by atoms with van der Waals surface area (Å²) >= 11 is 3.33. The van der Waals surface area contributed by atoms with E-state index in [2.05, 4.69) is 41.3 Å². The summed E-state index contributed by atoms with van der Waals surface area (Å²) in [4.78, 5) is 18.6. The number of non-ortho nitro benzene ring substituents is 1. The van der Waals surface area contributed by atoms with Gasteiger partial charge in [0.1, 0.15) is 5.82 Å². The van der Waals surface area contributed by atoms with Crippen molar-refractivity contribution in [3.63, 3.8) is 0 Å². The molecule has 0 aliphatic carbocycles. The Morgan fingerprint density at radius 2 is 2.00 bits per heavy atom. The van der Waals surface area contributed by atoms with Crippen LogP contribution in [0.5, 0.6) is 0 Å². The third-order valence-corrected chi connectivity index (χ3v) is 5.37. The van der Waals surface area contributed by atoms with E-state index in [-0.39, 0.29) is 41.2 Å². The van der Waals surface area contributed by atoms with Crippen molar-refractivity contribution in [2.75, 3.05) is 23.7 Å². The Hall–Kier alpha value is -2.02. The van der Waals surface area contributed by atoms with Crippen LogP contribution in [0.3, 0.4) is 0 Å². The van der Waals surface area contributed by atoms with Crippen molar-refractivity contribution >= 4 is 61.5 Å². The maximum absolute atomic E-state index is 12.4. The first kappa shape index (κ1) is 20.3. The van der Waals surface area contributed by atoms with E-state index in [9.17, 15) is 18.5 Å². The topological polar surface area (TPSA) is 139 Å². The van der Waals surface area contributed by atoms with Gasteiger partial charge in [-0.05, 0) is 28.4 Å². The molecule has 0 saturated heterocycles. The van der Waals surface area contributed by atoms with E-state index >= 15 is 0 Å². The number of aromatic nitrogens is 2. The second-order valence-electron chi connectivity index (χ2n) is 5.17. The minimum Gasteiger partial charge on any atom is -0.369 e. The van der Waals surface area contributed by atoms with Crippen LogP contribution in [0.15, 0.2) is 33.8 Å². The Kier molecular flexibility index (Phi) is 6.34. The summed E-state index contributed by atoms with van der Waals surface area (Å²) in [5.74, 6) is 0.715. The van der Waals surface area contributed by atoms with Crippen LogP contribution in [-0.2, 0) is 10.0 Å². The van der Waals surface area contributed by atoms with Crippen LogP contribution in [-0.4, -0.2) is 36.4 Å². The lowest BCUT2D eigenvalue weighted by molar-refractivity contribution is -0.385. The smallest absolute Gasteiger partial charge is 0.272 e. The van der Waals surface area contributed by atoms with Crippen LogP contribution >= 0.6 is 28.3 Å². The van der Waals surface area contributed by atoms with E-state index < -0.39 is 14.9 Å². The molecule has 10 nitrogen and oxygen atoms in total. The zero-order valence-electron chi connectivity index (χ0n) is 13.1. The number of nitrogens with one attached hydrogen (secondary N) is 3. The largest absolute Gasteiger partial charge is 0.369 e. The van der Waals surface area contributed by atoms with Crippen molar-refractivity contribution in [2.24, 2.45) is 0 Å². The Labute approximate surface area is 163 Å². The molecular formula is C13H14BrClN6O4S. The standard InChI is InChI=1S/C13H13BrN6O4S.ClH/c14-11-7-16-13-18-8-4-9(20(21)22)6-10(5-8)25(23,24)17-3-1-2-15-12(11)19-13;/h4-7,17H,1-3H2,(H2,15,16,18,19);1H. The highest BCUT2D eigenvalue weighted by Crippen LogP contribution is 2.27. The van der Waals surface area contributed by atoms with Crippen molar-refractivity contribution in [2.45, 2.75) is 11.3 Å². The molecule has 3 rings (SSSR count). The summed E-state index contributed by atoms with van der Waals surface area (Å²) in [6.07, 6.45) is 2.03. The van der Waals surface area contributed by atoms with Crippen molar-refractivity contribution in [1.82, 2.24) is 14.7 Å². The summed E-state index contributed by atoms with van der Waals surface area (Å²) in [5.41, 5.74) is -0.155. The molecule has 0 saturated carbocycles. The van der Waals surface area contributed by atoms with E-state index in [0.29, 0.717) is 23.3 Å². The summed E-state index contributed by atoms with van der Waals surface area (Å²) < 4.78 is 27.8. The quantitative estimate of drug-likeness (QED) is 0.431. The second kappa shape index (κ2) is 8.12. The Morgan fingerprint density at radius 3 is 2.73 bits per heavy atom. The number of nitro groups is 1. The number of anilines is 3. The van der Waals surface area contributed by atoms with Crippen LogP contribution in [0.4, 0.5) is 23.1 Å². The highest BCUT2D eigenvalue weighted by molar-refractivity contribution is 9.10. The number of sulfonamides is 1. The van der Waals surface area contributed by atoms with Gasteiger partial charge in [0.15, 0.2) is 0 Å². The molecule has 0 amide bonds. The molecule has 26 heavy (non-hydrogen) atoms. The van der Waals surface area contributed by atoms with Crippen LogP contribution in [0.1, 0.15) is 6.42 Å². The number of rotatable bonds is 1. The summed E-state index contributed by atoms with van der Waals surface area (Å²) in [7, 11) is -3.87. The van der Waals surface area contributed by atoms with E-state index in [1.54, 1.807) is 0 Å². The predicted molar refractivity (Wildman–Crippen MR) is 102 cm³/mol. The number of benzene rings is 1. The lowest BCUT2D eigenvalue weighted by atomic mass is 10.3. The fraction of sp³-hybridized carbons (Fsp3) is 0.231. The summed E-state index contributed by atoms with van der Waals surface area (Å²) in [6.45, 7) is 0.658. The van der Waals surface area contributed by atoms with Crippen molar-refractivity contribution < 1.29 is 13.3 Å². The first-order chi connectivity index (χ1) is 11.8. The molecule has 1 aliphatic rings. The van der Waals surface area contributed by atoms with Crippen LogP contribution in [0.25, 0.3) is 0 Å². The molecule has 1 aromatic carbocycles. The molecule has 1 aromatic heterocycles. The van der Waals surface area contributed by atoms with Gasteiger partial charge in [0, 0.05) is 37.1 Å². The first-order valence-corrected chi connectivity index (χ1v) is 9.45. The van der Waals surface area contributed by atoms with Crippen molar-refractivity contribution in [3.05, 3.63) is 39.0 Å². The minimum absolute atomic E-state index is 0. The van der Waals surface area contributed by atoms with E-state index in [4.69, 9.17) is 0 Å². The highest BCUT2D eigenvalue weighted by atomic mass is 79.9. The van der Waals surface area contributed by atoms with Crippen molar-refractivity contribution in [1.29, 1.82) is 0 Å². The molecule has 4 bridgehead atoms. The molecule has 2 aromatic rings. The van der Waals surface area contributed by atoms with Gasteiger partial charge in [-0.1, -0.05) is 0 Å². The molecule has 0 radical (unpaired) electrons. The average Bonchev–Trinajstić information content (AvgIpc) is 2.56. The van der Waals surface area contributed by atoms with Gasteiger partial charge in [-0.25, -0.2) is 18.1 Å².